The molecule has 0 saturated carbocycles. The van der Waals surface area contributed by atoms with Gasteiger partial charge < -0.3 is 10.1 Å². The number of carbonyl (C=O) groups is 1. The first kappa shape index (κ1) is 16.2. The van der Waals surface area contributed by atoms with Gasteiger partial charge in [-0.25, -0.2) is 0 Å². The van der Waals surface area contributed by atoms with Gasteiger partial charge in [0.25, 0.3) is 5.91 Å². The molecule has 18 heavy (non-hydrogen) atoms. The largest absolute Gasteiger partial charge is 0.488 e. The van der Waals surface area contributed by atoms with Crippen molar-refractivity contribution in [3.05, 3.63) is 41.7 Å². The van der Waals surface area contributed by atoms with Gasteiger partial charge in [0.2, 0.25) is 0 Å². The van der Waals surface area contributed by atoms with E-state index < -0.39 is 0 Å². The molecule has 0 aromatic heterocycles. The predicted octanol–water partition coefficient (Wildman–Crippen LogP) is 3.90. The van der Waals surface area contributed by atoms with E-state index >= 15 is 0 Å². The number of carbonyl (C=O) groups excluding carboxylic acids is 1. The van der Waals surface area contributed by atoms with Crippen LogP contribution in [-0.4, -0.2) is 12.5 Å². The average molecular weight is 249 g/mol. The van der Waals surface area contributed by atoms with Crippen LogP contribution in [0.25, 0.3) is 0 Å². The summed E-state index contributed by atoms with van der Waals surface area (Å²) in [6.45, 7) is 10.1. The van der Waals surface area contributed by atoms with Crippen LogP contribution in [0.5, 0.6) is 0 Å². The van der Waals surface area contributed by atoms with Gasteiger partial charge in [-0.1, -0.05) is 26.0 Å². The molecule has 0 aliphatic carbocycles. The number of aryl methyl sites for hydroxylation is 1. The molecule has 0 unspecified atom stereocenters. The molecular weight excluding hydrogens is 226 g/mol. The lowest BCUT2D eigenvalue weighted by Gasteiger charge is -2.09. The van der Waals surface area contributed by atoms with E-state index in [4.69, 9.17) is 4.74 Å². The van der Waals surface area contributed by atoms with Gasteiger partial charge in [0.1, 0.15) is 0 Å². The zero-order valence-corrected chi connectivity index (χ0v) is 11.9. The van der Waals surface area contributed by atoms with Crippen LogP contribution >= 0.6 is 0 Å². The van der Waals surface area contributed by atoms with Crippen molar-refractivity contribution in [3.8, 4) is 0 Å². The standard InChI is InChI=1S/C13H17NO2.C2H6/c1-4-12(16-5-2)13(15)14-11-8-6-7-10(3)9-11;1-2/h4,6-9H,5H2,1-3H3,(H,14,15);1-2H3/b12-4-;. The molecule has 0 saturated heterocycles. The molecule has 0 fully saturated rings. The number of anilines is 1. The van der Waals surface area contributed by atoms with E-state index in [-0.39, 0.29) is 5.91 Å². The van der Waals surface area contributed by atoms with Crippen LogP contribution in [-0.2, 0) is 9.53 Å². The summed E-state index contributed by atoms with van der Waals surface area (Å²) in [6, 6.07) is 7.65. The second-order valence-electron chi connectivity index (χ2n) is 3.41. The van der Waals surface area contributed by atoms with E-state index in [1.54, 1.807) is 13.0 Å². The Kier molecular flexibility index (Phi) is 8.37. The van der Waals surface area contributed by atoms with Crippen molar-refractivity contribution in [1.29, 1.82) is 0 Å². The molecule has 1 rings (SSSR count). The lowest BCUT2D eigenvalue weighted by Crippen LogP contribution is -2.16. The third-order valence-electron chi connectivity index (χ3n) is 2.06. The van der Waals surface area contributed by atoms with E-state index in [2.05, 4.69) is 5.32 Å². The topological polar surface area (TPSA) is 38.3 Å². The second-order valence-corrected chi connectivity index (χ2v) is 3.41. The number of hydrogen-bond acceptors (Lipinski definition) is 2. The van der Waals surface area contributed by atoms with Crippen LogP contribution < -0.4 is 5.32 Å². The van der Waals surface area contributed by atoms with Crippen molar-refractivity contribution in [1.82, 2.24) is 0 Å². The van der Waals surface area contributed by atoms with Crippen molar-refractivity contribution in [2.24, 2.45) is 0 Å². The minimum Gasteiger partial charge on any atom is -0.488 e. The summed E-state index contributed by atoms with van der Waals surface area (Å²) in [5.41, 5.74) is 1.89. The van der Waals surface area contributed by atoms with Gasteiger partial charge in [0, 0.05) is 5.69 Å². The summed E-state index contributed by atoms with van der Waals surface area (Å²) in [5.74, 6) is 0.138. The van der Waals surface area contributed by atoms with Crippen molar-refractivity contribution in [2.75, 3.05) is 11.9 Å². The van der Waals surface area contributed by atoms with E-state index in [0.717, 1.165) is 11.3 Å². The summed E-state index contributed by atoms with van der Waals surface area (Å²) >= 11 is 0. The Bertz CT molecular complexity index is 397. The van der Waals surface area contributed by atoms with E-state index in [9.17, 15) is 4.79 Å². The van der Waals surface area contributed by atoms with Gasteiger partial charge in [-0.05, 0) is 44.5 Å². The summed E-state index contributed by atoms with van der Waals surface area (Å²) in [6.07, 6.45) is 1.66. The summed E-state index contributed by atoms with van der Waals surface area (Å²) in [5, 5.41) is 2.79. The molecule has 0 bridgehead atoms. The normalized spacial score (nSPS) is 10.2. The molecule has 1 N–H and O–H groups in total. The fraction of sp³-hybridized carbons (Fsp3) is 0.400. The van der Waals surface area contributed by atoms with Crippen molar-refractivity contribution in [3.63, 3.8) is 0 Å². The monoisotopic (exact) mass is 249 g/mol. The predicted molar refractivity (Wildman–Crippen MR) is 76.5 cm³/mol. The molecule has 0 heterocycles. The highest BCUT2D eigenvalue weighted by Crippen LogP contribution is 2.11. The maximum atomic E-state index is 11.7. The number of allylic oxidation sites excluding steroid dienone is 1. The highest BCUT2D eigenvalue weighted by atomic mass is 16.5. The quantitative estimate of drug-likeness (QED) is 0.649. The highest BCUT2D eigenvalue weighted by Gasteiger charge is 2.09. The summed E-state index contributed by atoms with van der Waals surface area (Å²) < 4.78 is 5.20. The average Bonchev–Trinajstić information content (AvgIpc) is 2.38. The third kappa shape index (κ3) is 5.53. The van der Waals surface area contributed by atoms with Crippen molar-refractivity contribution >= 4 is 11.6 Å². The van der Waals surface area contributed by atoms with Crippen LogP contribution in [0.3, 0.4) is 0 Å². The molecule has 0 atom stereocenters. The zero-order chi connectivity index (χ0) is 14.0. The first-order chi connectivity index (χ1) is 8.67. The number of benzene rings is 1. The fourth-order valence-corrected chi connectivity index (χ4v) is 1.35. The molecule has 0 spiro atoms. The van der Waals surface area contributed by atoms with E-state index in [0.29, 0.717) is 12.4 Å². The molecule has 3 heteroatoms. The maximum absolute atomic E-state index is 11.7. The summed E-state index contributed by atoms with van der Waals surface area (Å²) in [4.78, 5) is 11.7. The molecule has 1 amide bonds. The number of amides is 1. The smallest absolute Gasteiger partial charge is 0.290 e. The number of hydrogen-bond donors (Lipinski definition) is 1. The molecule has 0 radical (unpaired) electrons. The Morgan fingerprint density at radius 3 is 2.56 bits per heavy atom. The lowest BCUT2D eigenvalue weighted by molar-refractivity contribution is -0.116. The SMILES string of the molecule is C/C=C(\OCC)C(=O)Nc1cccc(C)c1.CC. The van der Waals surface area contributed by atoms with Gasteiger partial charge in [0.15, 0.2) is 5.76 Å². The van der Waals surface area contributed by atoms with Gasteiger partial charge in [-0.2, -0.15) is 0 Å². The third-order valence-corrected chi connectivity index (χ3v) is 2.06. The van der Waals surface area contributed by atoms with Crippen LogP contribution in [0, 0.1) is 6.92 Å². The highest BCUT2D eigenvalue weighted by molar-refractivity contribution is 6.02. The first-order valence-electron chi connectivity index (χ1n) is 6.34. The zero-order valence-electron chi connectivity index (χ0n) is 11.9. The molecule has 0 aliphatic rings. The van der Waals surface area contributed by atoms with Crippen LogP contribution in [0.2, 0.25) is 0 Å². The number of ether oxygens (including phenoxy) is 1. The van der Waals surface area contributed by atoms with Gasteiger partial charge in [-0.15, -0.1) is 0 Å². The van der Waals surface area contributed by atoms with Gasteiger partial charge in [0.05, 0.1) is 6.61 Å². The fourth-order valence-electron chi connectivity index (χ4n) is 1.35. The minimum absolute atomic E-state index is 0.213. The Morgan fingerprint density at radius 2 is 2.06 bits per heavy atom. The van der Waals surface area contributed by atoms with Crippen LogP contribution in [0.4, 0.5) is 5.69 Å². The maximum Gasteiger partial charge on any atom is 0.290 e. The van der Waals surface area contributed by atoms with Gasteiger partial charge in [-0.3, -0.25) is 4.79 Å². The Labute approximate surface area is 110 Å². The van der Waals surface area contributed by atoms with E-state index in [1.165, 1.54) is 0 Å². The van der Waals surface area contributed by atoms with E-state index in [1.807, 2.05) is 52.0 Å². The van der Waals surface area contributed by atoms with Crippen molar-refractivity contribution in [2.45, 2.75) is 34.6 Å². The molecular formula is C15H23NO2. The van der Waals surface area contributed by atoms with Gasteiger partial charge >= 0.3 is 0 Å². The van der Waals surface area contributed by atoms with Crippen LogP contribution in [0.1, 0.15) is 33.3 Å². The van der Waals surface area contributed by atoms with Crippen LogP contribution in [0.15, 0.2) is 36.1 Å². The molecule has 0 aliphatic heterocycles. The second kappa shape index (κ2) is 9.28. The Morgan fingerprint density at radius 1 is 1.39 bits per heavy atom. The Balaban J connectivity index is 0.00000137. The van der Waals surface area contributed by atoms with Crippen molar-refractivity contribution < 1.29 is 9.53 Å². The summed E-state index contributed by atoms with van der Waals surface area (Å²) in [7, 11) is 0. The molecule has 100 valence electrons. The molecule has 1 aromatic carbocycles. The minimum atomic E-state index is -0.213. The Hall–Kier alpha value is -1.77. The first-order valence-corrected chi connectivity index (χ1v) is 6.34. The molecule has 3 nitrogen and oxygen atoms in total. The molecule has 1 aromatic rings. The lowest BCUT2D eigenvalue weighted by atomic mass is 10.2. The number of nitrogens with one attached hydrogen (secondary N) is 1. The number of rotatable bonds is 4.